The van der Waals surface area contributed by atoms with Crippen LogP contribution >= 0.6 is 15.9 Å². The Hall–Kier alpha value is -0.540. The van der Waals surface area contributed by atoms with Crippen molar-refractivity contribution < 1.29 is 4.74 Å². The largest absolute Gasteiger partial charge is 0.487 e. The van der Waals surface area contributed by atoms with Crippen molar-refractivity contribution in [3.05, 3.63) is 28.2 Å². The molecule has 1 aliphatic carbocycles. The van der Waals surface area contributed by atoms with Crippen molar-refractivity contribution in [2.45, 2.75) is 50.7 Å². The van der Waals surface area contributed by atoms with Crippen LogP contribution in [0.15, 0.2) is 22.7 Å². The highest BCUT2D eigenvalue weighted by Gasteiger charge is 2.48. The van der Waals surface area contributed by atoms with Crippen molar-refractivity contribution in [2.75, 3.05) is 0 Å². The summed E-state index contributed by atoms with van der Waals surface area (Å²) in [6.45, 7) is 2.27. The van der Waals surface area contributed by atoms with Gasteiger partial charge in [-0.2, -0.15) is 0 Å². The fourth-order valence-electron chi connectivity index (χ4n) is 3.74. The van der Waals surface area contributed by atoms with Crippen molar-refractivity contribution in [2.24, 2.45) is 11.7 Å². The normalized spacial score (nSPS) is 34.4. The fraction of sp³-hybridized carbons (Fsp3) is 0.600. The number of ether oxygens (including phenoxy) is 1. The third kappa shape index (κ3) is 1.88. The maximum absolute atomic E-state index is 6.43. The van der Waals surface area contributed by atoms with E-state index in [1.807, 2.05) is 6.07 Å². The van der Waals surface area contributed by atoms with E-state index in [1.165, 1.54) is 19.3 Å². The molecule has 1 aromatic rings. The van der Waals surface area contributed by atoms with Gasteiger partial charge in [0.25, 0.3) is 0 Å². The van der Waals surface area contributed by atoms with E-state index in [0.717, 1.165) is 28.6 Å². The Balaban J connectivity index is 1.99. The van der Waals surface area contributed by atoms with Gasteiger partial charge in [0.15, 0.2) is 0 Å². The molecule has 1 heterocycles. The topological polar surface area (TPSA) is 35.2 Å². The minimum Gasteiger partial charge on any atom is -0.487 e. The van der Waals surface area contributed by atoms with Crippen LogP contribution in [0.5, 0.6) is 5.75 Å². The van der Waals surface area contributed by atoms with Crippen molar-refractivity contribution in [3.63, 3.8) is 0 Å². The number of benzene rings is 1. The van der Waals surface area contributed by atoms with Gasteiger partial charge in [-0.15, -0.1) is 0 Å². The van der Waals surface area contributed by atoms with Crippen molar-refractivity contribution >= 4 is 15.9 Å². The highest BCUT2D eigenvalue weighted by Crippen LogP contribution is 2.50. The molecule has 1 saturated carbocycles. The quantitative estimate of drug-likeness (QED) is 0.844. The van der Waals surface area contributed by atoms with E-state index in [-0.39, 0.29) is 11.6 Å². The smallest absolute Gasteiger partial charge is 0.126 e. The molecule has 2 aliphatic rings. The number of rotatable bonds is 1. The summed E-state index contributed by atoms with van der Waals surface area (Å²) in [4.78, 5) is 0. The molecule has 3 heteroatoms. The van der Waals surface area contributed by atoms with Crippen LogP contribution in [-0.4, -0.2) is 5.60 Å². The summed E-state index contributed by atoms with van der Waals surface area (Å²) in [7, 11) is 0. The molecule has 0 saturated heterocycles. The lowest BCUT2D eigenvalue weighted by atomic mass is 9.79. The molecular weight excluding hydrogens is 290 g/mol. The molecule has 1 spiro atoms. The number of hydrogen-bond donors (Lipinski definition) is 1. The number of hydrogen-bond acceptors (Lipinski definition) is 2. The van der Waals surface area contributed by atoms with E-state index in [0.29, 0.717) is 5.92 Å². The van der Waals surface area contributed by atoms with Gasteiger partial charge in [-0.25, -0.2) is 0 Å². The molecule has 1 aliphatic heterocycles. The summed E-state index contributed by atoms with van der Waals surface area (Å²) in [5.41, 5.74) is 7.53. The molecule has 18 heavy (non-hydrogen) atoms. The van der Waals surface area contributed by atoms with E-state index in [1.54, 1.807) is 0 Å². The Morgan fingerprint density at radius 2 is 2.33 bits per heavy atom. The second-order valence-electron chi connectivity index (χ2n) is 5.66. The Morgan fingerprint density at radius 3 is 3.11 bits per heavy atom. The van der Waals surface area contributed by atoms with Crippen LogP contribution < -0.4 is 10.5 Å². The highest BCUT2D eigenvalue weighted by atomic mass is 79.9. The van der Waals surface area contributed by atoms with Crippen molar-refractivity contribution in [1.29, 1.82) is 0 Å². The third-order valence-corrected chi connectivity index (χ3v) is 5.14. The van der Waals surface area contributed by atoms with E-state index in [9.17, 15) is 0 Å². The molecule has 0 amide bonds. The van der Waals surface area contributed by atoms with Crippen LogP contribution in [0.2, 0.25) is 0 Å². The summed E-state index contributed by atoms with van der Waals surface area (Å²) in [5.74, 6) is 1.65. The highest BCUT2D eigenvalue weighted by molar-refractivity contribution is 9.10. The summed E-state index contributed by atoms with van der Waals surface area (Å²) in [6, 6.07) is 6.33. The first kappa shape index (κ1) is 12.5. The first-order valence-corrected chi connectivity index (χ1v) is 7.68. The molecule has 1 aromatic carbocycles. The van der Waals surface area contributed by atoms with Crippen LogP contribution in [0.1, 0.15) is 50.6 Å². The molecule has 2 nitrogen and oxygen atoms in total. The van der Waals surface area contributed by atoms with Crippen molar-refractivity contribution in [3.8, 4) is 5.75 Å². The summed E-state index contributed by atoms with van der Waals surface area (Å²) >= 11 is 3.52. The molecule has 3 atom stereocenters. The maximum atomic E-state index is 6.43. The Morgan fingerprint density at radius 1 is 1.50 bits per heavy atom. The molecule has 3 unspecified atom stereocenters. The number of nitrogens with two attached hydrogens (primary N) is 1. The van der Waals surface area contributed by atoms with Gasteiger partial charge in [0, 0.05) is 22.5 Å². The summed E-state index contributed by atoms with van der Waals surface area (Å²) < 4.78 is 7.49. The van der Waals surface area contributed by atoms with Gasteiger partial charge in [-0.05, 0) is 43.7 Å². The maximum Gasteiger partial charge on any atom is 0.126 e. The average Bonchev–Trinajstić information content (AvgIpc) is 2.70. The zero-order valence-electron chi connectivity index (χ0n) is 10.8. The molecule has 3 rings (SSSR count). The first-order chi connectivity index (χ1) is 8.64. The standard InChI is InChI=1S/C15H20BrNO/c1-2-10-4-3-7-15(10)9-13(17)12-6-5-11(16)8-14(12)18-15/h5-6,8,10,13H,2-4,7,9,17H2,1H3. The minimum atomic E-state index is 0.00194. The Bertz CT molecular complexity index is 462. The lowest BCUT2D eigenvalue weighted by Gasteiger charge is -2.42. The predicted octanol–water partition coefficient (Wildman–Crippen LogP) is 4.18. The average molecular weight is 310 g/mol. The Labute approximate surface area is 117 Å². The van der Waals surface area contributed by atoms with E-state index < -0.39 is 0 Å². The molecule has 98 valence electrons. The van der Waals surface area contributed by atoms with Crippen LogP contribution in [0.25, 0.3) is 0 Å². The molecule has 1 fully saturated rings. The zero-order chi connectivity index (χ0) is 12.8. The molecule has 0 bridgehead atoms. The van der Waals surface area contributed by atoms with E-state index in [2.05, 4.69) is 35.0 Å². The second-order valence-corrected chi connectivity index (χ2v) is 6.57. The number of fused-ring (bicyclic) bond motifs is 1. The zero-order valence-corrected chi connectivity index (χ0v) is 12.4. The van der Waals surface area contributed by atoms with Gasteiger partial charge in [-0.1, -0.05) is 28.9 Å². The van der Waals surface area contributed by atoms with Gasteiger partial charge >= 0.3 is 0 Å². The van der Waals surface area contributed by atoms with Crippen LogP contribution in [0, 0.1) is 5.92 Å². The summed E-state index contributed by atoms with van der Waals surface area (Å²) in [6.07, 6.45) is 5.88. The SMILES string of the molecule is CCC1CCCC12CC(N)c1ccc(Br)cc1O2. The molecule has 0 radical (unpaired) electrons. The van der Waals surface area contributed by atoms with Gasteiger partial charge < -0.3 is 10.5 Å². The summed E-state index contributed by atoms with van der Waals surface area (Å²) in [5, 5.41) is 0. The van der Waals surface area contributed by atoms with Gasteiger partial charge in [-0.3, -0.25) is 0 Å². The van der Waals surface area contributed by atoms with Crippen molar-refractivity contribution in [1.82, 2.24) is 0 Å². The second kappa shape index (κ2) is 4.53. The monoisotopic (exact) mass is 309 g/mol. The first-order valence-electron chi connectivity index (χ1n) is 6.88. The van der Waals surface area contributed by atoms with Gasteiger partial charge in [0.05, 0.1) is 0 Å². The third-order valence-electron chi connectivity index (χ3n) is 4.64. The predicted molar refractivity (Wildman–Crippen MR) is 76.7 cm³/mol. The van der Waals surface area contributed by atoms with Gasteiger partial charge in [0.2, 0.25) is 0 Å². The fourth-order valence-corrected chi connectivity index (χ4v) is 4.08. The van der Waals surface area contributed by atoms with E-state index in [4.69, 9.17) is 10.5 Å². The van der Waals surface area contributed by atoms with Crippen LogP contribution in [0.3, 0.4) is 0 Å². The molecule has 2 N–H and O–H groups in total. The lowest BCUT2D eigenvalue weighted by Crippen LogP contribution is -2.45. The minimum absolute atomic E-state index is 0.00194. The van der Waals surface area contributed by atoms with Crippen LogP contribution in [-0.2, 0) is 0 Å². The van der Waals surface area contributed by atoms with Crippen LogP contribution in [0.4, 0.5) is 0 Å². The molecular formula is C15H20BrNO. The van der Waals surface area contributed by atoms with E-state index >= 15 is 0 Å². The van der Waals surface area contributed by atoms with Gasteiger partial charge in [0.1, 0.15) is 11.4 Å². The molecule has 0 aromatic heterocycles. The Kier molecular flexibility index (Phi) is 3.15. The lowest BCUT2D eigenvalue weighted by molar-refractivity contribution is -0.00100. The number of halogens is 1.